The Bertz CT molecular complexity index is 1310. The molecule has 0 saturated heterocycles. The minimum Gasteiger partial charge on any atom is -0.351 e. The third-order valence-electron chi connectivity index (χ3n) is 4.65. The summed E-state index contributed by atoms with van der Waals surface area (Å²) in [5.74, 6) is -0.0413. The highest BCUT2D eigenvalue weighted by Crippen LogP contribution is 2.24. The summed E-state index contributed by atoms with van der Waals surface area (Å²) in [6.07, 6.45) is 1.64. The molecule has 0 saturated carbocycles. The second-order valence-electron chi connectivity index (χ2n) is 6.65. The summed E-state index contributed by atoms with van der Waals surface area (Å²) in [4.78, 5) is 33.2. The second-order valence-corrected chi connectivity index (χ2v) is 8.00. The van der Waals surface area contributed by atoms with Crippen LogP contribution in [-0.4, -0.2) is 26.2 Å². The summed E-state index contributed by atoms with van der Waals surface area (Å²) in [7, 11) is 0. The summed E-state index contributed by atoms with van der Waals surface area (Å²) in [5, 5.41) is 4.81. The number of fused-ring (bicyclic) bond motifs is 3. The van der Waals surface area contributed by atoms with E-state index in [2.05, 4.69) is 16.9 Å². The Hall–Kier alpha value is -3.03. The molecule has 0 aliphatic heterocycles. The van der Waals surface area contributed by atoms with Gasteiger partial charge in [0, 0.05) is 29.0 Å². The van der Waals surface area contributed by atoms with E-state index in [1.165, 1.54) is 16.3 Å². The van der Waals surface area contributed by atoms with Gasteiger partial charge < -0.3 is 10.3 Å². The predicted molar refractivity (Wildman–Crippen MR) is 122 cm³/mol. The van der Waals surface area contributed by atoms with Gasteiger partial charge in [-0.05, 0) is 17.7 Å². The molecule has 2 N–H and O–H groups in total. The number of aromatic amines is 1. The van der Waals surface area contributed by atoms with Gasteiger partial charge in [-0.2, -0.15) is 0 Å². The molecule has 8 heteroatoms. The molecule has 2 aromatic carbocycles. The molecule has 2 aromatic heterocycles. The fourth-order valence-corrected chi connectivity index (χ4v) is 4.23. The fourth-order valence-electron chi connectivity index (χ4n) is 3.19. The number of halogens is 1. The van der Waals surface area contributed by atoms with Gasteiger partial charge in [0.05, 0.1) is 5.75 Å². The minimum absolute atomic E-state index is 0.127. The van der Waals surface area contributed by atoms with Gasteiger partial charge in [-0.15, -0.1) is 6.58 Å². The number of thioether (sulfide) groups is 1. The molecule has 2 heterocycles. The van der Waals surface area contributed by atoms with Gasteiger partial charge in [-0.3, -0.25) is 14.2 Å². The molecule has 6 nitrogen and oxygen atoms in total. The van der Waals surface area contributed by atoms with Gasteiger partial charge in [-0.25, -0.2) is 4.98 Å². The first kappa shape index (κ1) is 20.3. The normalized spacial score (nSPS) is 11.1. The first-order chi connectivity index (χ1) is 14.6. The quantitative estimate of drug-likeness (QED) is 0.258. The molecular weight excluding hydrogens is 420 g/mol. The smallest absolute Gasteiger partial charge is 0.278 e. The zero-order valence-electron chi connectivity index (χ0n) is 16.0. The molecule has 152 valence electrons. The molecule has 0 spiro atoms. The van der Waals surface area contributed by atoms with Crippen LogP contribution in [0.15, 0.2) is 71.1 Å². The standard InChI is InChI=1S/C22H19ClN4O2S/c1-2-11-27-21(29)20-19(15-8-4-6-10-17(15)25-20)26-22(27)30-13-18(28)24-12-14-7-3-5-9-16(14)23/h2-10,25H,1,11-13H2,(H,24,28). The number of aromatic nitrogens is 3. The molecule has 4 rings (SSSR count). The Labute approximate surface area is 182 Å². The average Bonchev–Trinajstić information content (AvgIpc) is 3.13. The topological polar surface area (TPSA) is 79.8 Å². The lowest BCUT2D eigenvalue weighted by molar-refractivity contribution is -0.118. The predicted octanol–water partition coefficient (Wildman–Crippen LogP) is 4.13. The number of hydrogen-bond donors (Lipinski definition) is 2. The van der Waals surface area contributed by atoms with E-state index >= 15 is 0 Å². The van der Waals surface area contributed by atoms with Crippen molar-refractivity contribution >= 4 is 51.2 Å². The second kappa shape index (κ2) is 8.77. The van der Waals surface area contributed by atoms with Crippen molar-refractivity contribution in [3.8, 4) is 0 Å². The van der Waals surface area contributed by atoms with Crippen molar-refractivity contribution in [3.05, 3.63) is 82.1 Å². The lowest BCUT2D eigenvalue weighted by Gasteiger charge is -2.10. The summed E-state index contributed by atoms with van der Waals surface area (Å²) < 4.78 is 1.52. The third kappa shape index (κ3) is 3.99. The maximum atomic E-state index is 13.0. The molecule has 0 unspecified atom stereocenters. The van der Waals surface area contributed by atoms with Gasteiger partial charge in [0.1, 0.15) is 11.0 Å². The SMILES string of the molecule is C=CCn1c(SCC(=O)NCc2ccccc2Cl)nc2c([nH]c3ccccc32)c1=O. The molecule has 0 aliphatic rings. The Balaban J connectivity index is 1.58. The van der Waals surface area contributed by atoms with Crippen LogP contribution in [0.3, 0.4) is 0 Å². The van der Waals surface area contributed by atoms with E-state index in [-0.39, 0.29) is 17.2 Å². The molecule has 0 fully saturated rings. The summed E-state index contributed by atoms with van der Waals surface area (Å²) in [6.45, 7) is 4.38. The van der Waals surface area contributed by atoms with Crippen LogP contribution < -0.4 is 10.9 Å². The maximum Gasteiger partial charge on any atom is 0.278 e. The van der Waals surface area contributed by atoms with Crippen LogP contribution in [0.25, 0.3) is 21.9 Å². The number of benzene rings is 2. The molecule has 4 aromatic rings. The van der Waals surface area contributed by atoms with E-state index in [0.29, 0.717) is 34.3 Å². The number of carbonyl (C=O) groups is 1. The van der Waals surface area contributed by atoms with Crippen LogP contribution in [0.2, 0.25) is 5.02 Å². The highest BCUT2D eigenvalue weighted by Gasteiger charge is 2.16. The van der Waals surface area contributed by atoms with E-state index in [4.69, 9.17) is 16.6 Å². The van der Waals surface area contributed by atoms with Crippen molar-refractivity contribution in [2.45, 2.75) is 18.2 Å². The molecule has 0 bridgehead atoms. The Kier molecular flexibility index (Phi) is 5.92. The van der Waals surface area contributed by atoms with Crippen LogP contribution in [0.5, 0.6) is 0 Å². The number of H-pyrrole nitrogens is 1. The van der Waals surface area contributed by atoms with Crippen molar-refractivity contribution in [2.24, 2.45) is 0 Å². The number of hydrogen-bond acceptors (Lipinski definition) is 4. The van der Waals surface area contributed by atoms with Crippen LogP contribution in [0, 0.1) is 0 Å². The summed E-state index contributed by atoms with van der Waals surface area (Å²) in [6, 6.07) is 15.0. The van der Waals surface area contributed by atoms with Crippen molar-refractivity contribution in [3.63, 3.8) is 0 Å². The summed E-state index contributed by atoms with van der Waals surface area (Å²) in [5.41, 5.74) is 2.57. The number of allylic oxidation sites excluding steroid dienone is 1. The largest absolute Gasteiger partial charge is 0.351 e. The van der Waals surface area contributed by atoms with E-state index < -0.39 is 0 Å². The van der Waals surface area contributed by atoms with Crippen LogP contribution in [0.4, 0.5) is 0 Å². The highest BCUT2D eigenvalue weighted by atomic mass is 35.5. The zero-order valence-corrected chi connectivity index (χ0v) is 17.6. The van der Waals surface area contributed by atoms with Gasteiger partial charge >= 0.3 is 0 Å². The van der Waals surface area contributed by atoms with E-state index in [1.54, 1.807) is 12.1 Å². The van der Waals surface area contributed by atoms with Gasteiger partial charge in [0.15, 0.2) is 5.16 Å². The Morgan fingerprint density at radius 2 is 2.00 bits per heavy atom. The van der Waals surface area contributed by atoms with Gasteiger partial charge in [0.25, 0.3) is 5.56 Å². The number of carbonyl (C=O) groups excluding carboxylic acids is 1. The Morgan fingerprint density at radius 1 is 1.23 bits per heavy atom. The number of nitrogens with zero attached hydrogens (tertiary/aromatic N) is 2. The first-order valence-corrected chi connectivity index (χ1v) is 10.7. The third-order valence-corrected chi connectivity index (χ3v) is 6.00. The van der Waals surface area contributed by atoms with Crippen LogP contribution in [0.1, 0.15) is 5.56 Å². The monoisotopic (exact) mass is 438 g/mol. The first-order valence-electron chi connectivity index (χ1n) is 9.33. The van der Waals surface area contributed by atoms with Crippen molar-refractivity contribution in [1.29, 1.82) is 0 Å². The van der Waals surface area contributed by atoms with Gasteiger partial charge in [0.2, 0.25) is 5.91 Å². The Morgan fingerprint density at radius 3 is 2.80 bits per heavy atom. The minimum atomic E-state index is -0.185. The molecule has 0 atom stereocenters. The number of amides is 1. The molecule has 0 aliphatic carbocycles. The lowest BCUT2D eigenvalue weighted by Crippen LogP contribution is -2.26. The molecular formula is C22H19ClN4O2S. The maximum absolute atomic E-state index is 13.0. The van der Waals surface area contributed by atoms with E-state index in [0.717, 1.165) is 16.5 Å². The molecule has 1 amide bonds. The molecule has 0 radical (unpaired) electrons. The number of para-hydroxylation sites is 1. The van der Waals surface area contributed by atoms with Crippen molar-refractivity contribution in [1.82, 2.24) is 19.9 Å². The van der Waals surface area contributed by atoms with E-state index in [1.807, 2.05) is 42.5 Å². The van der Waals surface area contributed by atoms with Crippen LogP contribution >= 0.6 is 23.4 Å². The highest BCUT2D eigenvalue weighted by molar-refractivity contribution is 7.99. The van der Waals surface area contributed by atoms with Crippen molar-refractivity contribution < 1.29 is 4.79 Å². The number of rotatable bonds is 7. The fraction of sp³-hybridized carbons (Fsp3) is 0.136. The zero-order chi connectivity index (χ0) is 21.1. The lowest BCUT2D eigenvalue weighted by atomic mass is 10.2. The van der Waals surface area contributed by atoms with Crippen LogP contribution in [-0.2, 0) is 17.9 Å². The average molecular weight is 439 g/mol. The molecule has 30 heavy (non-hydrogen) atoms. The van der Waals surface area contributed by atoms with Crippen molar-refractivity contribution in [2.75, 3.05) is 5.75 Å². The van der Waals surface area contributed by atoms with Gasteiger partial charge in [-0.1, -0.05) is 65.8 Å². The van der Waals surface area contributed by atoms with E-state index in [9.17, 15) is 9.59 Å². The summed E-state index contributed by atoms with van der Waals surface area (Å²) >= 11 is 7.35. The number of nitrogens with one attached hydrogen (secondary N) is 2.